The number of nitrogens with one attached hydrogen (secondary N) is 1. The quantitative estimate of drug-likeness (QED) is 0.805. The van der Waals surface area contributed by atoms with Crippen molar-refractivity contribution in [2.24, 2.45) is 5.92 Å². The summed E-state index contributed by atoms with van der Waals surface area (Å²) in [5, 5.41) is 5.96. The van der Waals surface area contributed by atoms with E-state index in [1.165, 1.54) is 35.2 Å². The van der Waals surface area contributed by atoms with Crippen molar-refractivity contribution < 1.29 is 0 Å². The third-order valence-corrected chi connectivity index (χ3v) is 6.46. The summed E-state index contributed by atoms with van der Waals surface area (Å²) in [6.45, 7) is 10.4. The second-order valence-corrected chi connectivity index (χ2v) is 7.82. The fraction of sp³-hybridized carbons (Fsp3) is 0.750. The molecule has 0 amide bonds. The fourth-order valence-electron chi connectivity index (χ4n) is 2.98. The Morgan fingerprint density at radius 1 is 1.50 bits per heavy atom. The van der Waals surface area contributed by atoms with Crippen LogP contribution in [0.2, 0.25) is 0 Å². The first-order chi connectivity index (χ1) is 9.65. The van der Waals surface area contributed by atoms with Crippen molar-refractivity contribution in [3.05, 3.63) is 20.8 Å². The van der Waals surface area contributed by atoms with Gasteiger partial charge >= 0.3 is 0 Å². The van der Waals surface area contributed by atoms with Gasteiger partial charge < -0.3 is 5.32 Å². The molecule has 1 aromatic rings. The number of hydrogen-bond acceptors (Lipinski definition) is 3. The third kappa shape index (κ3) is 4.06. The minimum atomic E-state index is 0.645. The maximum atomic E-state index is 3.78. The maximum Gasteiger partial charge on any atom is 0.0343 e. The normalized spacial score (nSPS) is 25.8. The van der Waals surface area contributed by atoms with Crippen LogP contribution in [0.5, 0.6) is 0 Å². The number of halogens is 1. The molecule has 3 atom stereocenters. The minimum Gasteiger partial charge on any atom is -0.311 e. The summed E-state index contributed by atoms with van der Waals surface area (Å²) in [6.07, 6.45) is 3.82. The molecular weight excluding hydrogens is 332 g/mol. The third-order valence-electron chi connectivity index (χ3n) is 4.55. The Labute approximate surface area is 136 Å². The smallest absolute Gasteiger partial charge is 0.0343 e. The van der Waals surface area contributed by atoms with Gasteiger partial charge in [-0.15, -0.1) is 11.3 Å². The molecule has 1 aromatic heterocycles. The Morgan fingerprint density at radius 3 is 2.90 bits per heavy atom. The maximum absolute atomic E-state index is 3.78. The molecular formula is C16H27BrN2S. The van der Waals surface area contributed by atoms with Crippen molar-refractivity contribution in [2.45, 2.75) is 58.7 Å². The van der Waals surface area contributed by atoms with Crippen LogP contribution >= 0.6 is 27.3 Å². The first-order valence-electron chi connectivity index (χ1n) is 7.85. The molecule has 114 valence electrons. The minimum absolute atomic E-state index is 0.645. The lowest BCUT2D eigenvalue weighted by atomic mass is 9.94. The summed E-state index contributed by atoms with van der Waals surface area (Å²) in [6, 6.07) is 3.50. The molecule has 4 heteroatoms. The zero-order chi connectivity index (χ0) is 14.5. The molecule has 2 nitrogen and oxygen atoms in total. The molecule has 2 rings (SSSR count). The van der Waals surface area contributed by atoms with Crippen LogP contribution in [0.3, 0.4) is 0 Å². The van der Waals surface area contributed by atoms with Gasteiger partial charge in [-0.3, -0.25) is 4.90 Å². The second-order valence-electron chi connectivity index (χ2n) is 5.96. The zero-order valence-corrected chi connectivity index (χ0v) is 15.3. The van der Waals surface area contributed by atoms with Gasteiger partial charge in [-0.25, -0.2) is 0 Å². The molecule has 0 aromatic carbocycles. The highest BCUT2D eigenvalue weighted by Crippen LogP contribution is 2.27. The number of rotatable bonds is 6. The van der Waals surface area contributed by atoms with Crippen molar-refractivity contribution in [1.82, 2.24) is 10.2 Å². The fourth-order valence-corrected chi connectivity index (χ4v) is 4.48. The monoisotopic (exact) mass is 358 g/mol. The summed E-state index contributed by atoms with van der Waals surface area (Å²) < 4.78 is 1.27. The predicted octanol–water partition coefficient (Wildman–Crippen LogP) is 4.50. The first kappa shape index (κ1) is 16.5. The summed E-state index contributed by atoms with van der Waals surface area (Å²) in [5.74, 6) is 0.756. The van der Waals surface area contributed by atoms with Gasteiger partial charge in [0.1, 0.15) is 0 Å². The summed E-state index contributed by atoms with van der Waals surface area (Å²) in [5.41, 5.74) is 0. The van der Waals surface area contributed by atoms with E-state index in [9.17, 15) is 0 Å². The molecule has 0 spiro atoms. The van der Waals surface area contributed by atoms with Crippen molar-refractivity contribution in [3.8, 4) is 0 Å². The van der Waals surface area contributed by atoms with E-state index in [4.69, 9.17) is 0 Å². The SMILES string of the molecule is CCCC1CNC(C(C)CC)CN1Cc1sccc1Br. The van der Waals surface area contributed by atoms with Gasteiger partial charge in [0.05, 0.1) is 0 Å². The molecule has 20 heavy (non-hydrogen) atoms. The molecule has 0 aliphatic carbocycles. The van der Waals surface area contributed by atoms with Crippen LogP contribution in [0, 0.1) is 5.92 Å². The van der Waals surface area contributed by atoms with Crippen LogP contribution in [0.4, 0.5) is 0 Å². The molecule has 3 unspecified atom stereocenters. The average molecular weight is 359 g/mol. The molecule has 0 radical (unpaired) electrons. The van der Waals surface area contributed by atoms with Crippen LogP contribution in [-0.2, 0) is 6.54 Å². The molecule has 1 fully saturated rings. The Kier molecular flexibility index (Phi) is 6.53. The number of piperazine rings is 1. The molecule has 1 aliphatic rings. The lowest BCUT2D eigenvalue weighted by Crippen LogP contribution is -2.57. The Hall–Kier alpha value is 0.100. The van der Waals surface area contributed by atoms with Crippen LogP contribution in [-0.4, -0.2) is 30.1 Å². The summed E-state index contributed by atoms with van der Waals surface area (Å²) in [7, 11) is 0. The van der Waals surface area contributed by atoms with E-state index >= 15 is 0 Å². The van der Waals surface area contributed by atoms with Crippen molar-refractivity contribution in [3.63, 3.8) is 0 Å². The largest absolute Gasteiger partial charge is 0.311 e. The van der Waals surface area contributed by atoms with E-state index in [0.717, 1.165) is 19.0 Å². The van der Waals surface area contributed by atoms with Crippen LogP contribution in [0.1, 0.15) is 44.9 Å². The Balaban J connectivity index is 2.04. The molecule has 1 saturated heterocycles. The van der Waals surface area contributed by atoms with E-state index in [2.05, 4.69) is 58.4 Å². The van der Waals surface area contributed by atoms with Gasteiger partial charge in [-0.05, 0) is 39.7 Å². The highest BCUT2D eigenvalue weighted by Gasteiger charge is 2.30. The summed E-state index contributed by atoms with van der Waals surface area (Å²) >= 11 is 5.55. The standard InChI is InChI=1S/C16H27BrN2S/c1-4-6-13-9-18-15(12(3)5-2)10-19(13)11-16-14(17)7-8-20-16/h7-8,12-13,15,18H,4-6,9-11H2,1-3H3. The topological polar surface area (TPSA) is 15.3 Å². The van der Waals surface area contributed by atoms with E-state index in [0.29, 0.717) is 12.1 Å². The van der Waals surface area contributed by atoms with E-state index in [1.54, 1.807) is 0 Å². The number of thiophene rings is 1. The Bertz CT molecular complexity index is 407. The van der Waals surface area contributed by atoms with E-state index in [1.807, 2.05) is 11.3 Å². The molecule has 2 heterocycles. The highest BCUT2D eigenvalue weighted by molar-refractivity contribution is 9.10. The number of hydrogen-bond donors (Lipinski definition) is 1. The van der Waals surface area contributed by atoms with Crippen molar-refractivity contribution >= 4 is 27.3 Å². The lowest BCUT2D eigenvalue weighted by molar-refractivity contribution is 0.0968. The lowest BCUT2D eigenvalue weighted by Gasteiger charge is -2.42. The highest BCUT2D eigenvalue weighted by atomic mass is 79.9. The molecule has 1 aliphatic heterocycles. The van der Waals surface area contributed by atoms with Gasteiger partial charge in [0.25, 0.3) is 0 Å². The van der Waals surface area contributed by atoms with Gasteiger partial charge in [0, 0.05) is 41.1 Å². The number of nitrogens with zero attached hydrogens (tertiary/aromatic N) is 1. The molecule has 0 bridgehead atoms. The predicted molar refractivity (Wildman–Crippen MR) is 92.4 cm³/mol. The second kappa shape index (κ2) is 7.92. The van der Waals surface area contributed by atoms with Crippen LogP contribution in [0.25, 0.3) is 0 Å². The molecule has 0 saturated carbocycles. The van der Waals surface area contributed by atoms with E-state index in [-0.39, 0.29) is 0 Å². The van der Waals surface area contributed by atoms with Crippen molar-refractivity contribution in [2.75, 3.05) is 13.1 Å². The van der Waals surface area contributed by atoms with E-state index < -0.39 is 0 Å². The Morgan fingerprint density at radius 2 is 2.30 bits per heavy atom. The van der Waals surface area contributed by atoms with Crippen LogP contribution in [0.15, 0.2) is 15.9 Å². The average Bonchev–Trinajstić information content (AvgIpc) is 2.85. The van der Waals surface area contributed by atoms with Gasteiger partial charge in [-0.2, -0.15) is 0 Å². The molecule has 1 N–H and O–H groups in total. The van der Waals surface area contributed by atoms with Crippen LogP contribution < -0.4 is 5.32 Å². The first-order valence-corrected chi connectivity index (χ1v) is 9.52. The summed E-state index contributed by atoms with van der Waals surface area (Å²) in [4.78, 5) is 4.17. The van der Waals surface area contributed by atoms with Gasteiger partial charge in [-0.1, -0.05) is 33.6 Å². The zero-order valence-electron chi connectivity index (χ0n) is 12.9. The van der Waals surface area contributed by atoms with Gasteiger partial charge in [0.15, 0.2) is 0 Å². The van der Waals surface area contributed by atoms with Gasteiger partial charge in [0.2, 0.25) is 0 Å². The van der Waals surface area contributed by atoms with Crippen molar-refractivity contribution in [1.29, 1.82) is 0 Å².